The molecule has 2 aromatic carbocycles. The van der Waals surface area contributed by atoms with Gasteiger partial charge in [0.1, 0.15) is 5.82 Å². The maximum absolute atomic E-state index is 14.1. The lowest BCUT2D eigenvalue weighted by molar-refractivity contribution is -0.138. The lowest BCUT2D eigenvalue weighted by Gasteiger charge is -2.41. The van der Waals surface area contributed by atoms with Gasteiger partial charge in [-0.2, -0.15) is 0 Å². The largest absolute Gasteiger partial charge is 0.465 e. The quantitative estimate of drug-likeness (QED) is 0.391. The number of nitrogens with one attached hydrogen (secondary N) is 1. The van der Waals surface area contributed by atoms with Gasteiger partial charge in [-0.3, -0.25) is 9.36 Å². The summed E-state index contributed by atoms with van der Waals surface area (Å²) in [6.07, 6.45) is 1.41. The van der Waals surface area contributed by atoms with Gasteiger partial charge >= 0.3 is 12.1 Å². The first kappa shape index (κ1) is 30.8. The zero-order valence-electron chi connectivity index (χ0n) is 24.6. The van der Waals surface area contributed by atoms with Gasteiger partial charge in [-0.25, -0.2) is 23.0 Å². The number of carbonyl (C=O) groups excluding carboxylic acids is 2. The molecule has 0 saturated carbocycles. The number of piperidine rings is 1. The van der Waals surface area contributed by atoms with Gasteiger partial charge in [-0.15, -0.1) is 0 Å². The molecule has 1 fully saturated rings. The Morgan fingerprint density at radius 1 is 1.12 bits per heavy atom. The highest BCUT2D eigenvalue weighted by molar-refractivity contribution is 7.91. The SMILES string of the molecule is Cc1ncc2n1C(=O)N(C1CCN(C(=O)[C@@H](CS(=O)(=O)c3ccc4cc(Cl)ccc4c3)C(NC(=O)O)C(C)(C)C)CC1)C2. The van der Waals surface area contributed by atoms with Crippen molar-refractivity contribution in [1.29, 1.82) is 0 Å². The van der Waals surface area contributed by atoms with Crippen molar-refractivity contribution in [2.45, 2.75) is 64.1 Å². The molecule has 1 aromatic heterocycles. The highest BCUT2D eigenvalue weighted by atomic mass is 35.5. The van der Waals surface area contributed by atoms with Gasteiger partial charge in [0.25, 0.3) is 0 Å². The number of halogens is 1. The molecule has 11 nitrogen and oxygen atoms in total. The molecule has 5 rings (SSSR count). The number of rotatable bonds is 7. The second-order valence-electron chi connectivity index (χ2n) is 12.4. The van der Waals surface area contributed by atoms with Crippen molar-refractivity contribution in [3.63, 3.8) is 0 Å². The number of benzene rings is 2. The van der Waals surface area contributed by atoms with Gasteiger partial charge in [0.15, 0.2) is 9.84 Å². The van der Waals surface area contributed by atoms with E-state index in [0.29, 0.717) is 48.7 Å². The van der Waals surface area contributed by atoms with Crippen LogP contribution in [0, 0.1) is 18.3 Å². The molecule has 230 valence electrons. The van der Waals surface area contributed by atoms with E-state index >= 15 is 0 Å². The first-order valence-corrected chi connectivity index (χ1v) is 16.2. The van der Waals surface area contributed by atoms with Gasteiger partial charge in [0.05, 0.1) is 35.0 Å². The molecule has 2 aliphatic rings. The second kappa shape index (κ2) is 11.5. The Kier molecular flexibility index (Phi) is 8.21. The van der Waals surface area contributed by atoms with Gasteiger partial charge in [0.2, 0.25) is 5.91 Å². The number of imidazole rings is 1. The Hall–Kier alpha value is -3.64. The van der Waals surface area contributed by atoms with Gasteiger partial charge in [-0.05, 0) is 60.2 Å². The number of aryl methyl sites for hydroxylation is 1. The maximum Gasteiger partial charge on any atom is 0.404 e. The lowest BCUT2D eigenvalue weighted by Crippen LogP contribution is -2.57. The Balaban J connectivity index is 1.38. The molecule has 1 saturated heterocycles. The number of nitrogens with zero attached hydrogens (tertiary/aromatic N) is 4. The van der Waals surface area contributed by atoms with Gasteiger partial charge in [0, 0.05) is 30.2 Å². The molecule has 3 heterocycles. The van der Waals surface area contributed by atoms with Crippen LogP contribution < -0.4 is 5.32 Å². The molecule has 2 N–H and O–H groups in total. The predicted octanol–water partition coefficient (Wildman–Crippen LogP) is 4.55. The third kappa shape index (κ3) is 6.21. The summed E-state index contributed by atoms with van der Waals surface area (Å²) in [6, 6.07) is 8.64. The highest BCUT2D eigenvalue weighted by Gasteiger charge is 2.44. The van der Waals surface area contributed by atoms with Crippen molar-refractivity contribution in [3.05, 3.63) is 59.1 Å². The van der Waals surface area contributed by atoms with Crippen LogP contribution in [-0.2, 0) is 21.2 Å². The number of aromatic nitrogens is 2. The van der Waals surface area contributed by atoms with Crippen molar-refractivity contribution in [3.8, 4) is 0 Å². The number of amides is 3. The van der Waals surface area contributed by atoms with Crippen molar-refractivity contribution < 1.29 is 27.9 Å². The molecular formula is C30H36ClN5O6S. The minimum Gasteiger partial charge on any atom is -0.465 e. The standard InChI is InChI=1S/C30H36ClN5O6S/c1-18-32-15-23-16-35(29(40)36(18)23)22-9-11-34(12-10-22)27(37)25(26(30(2,3)4)33-28(38)39)17-43(41,42)24-8-6-19-13-21(31)7-5-20(19)14-24/h5-8,13-15,22,25-26,33H,9-12,16-17H2,1-4H3,(H,38,39)/t25-,26?/m0/s1. The fourth-order valence-corrected chi connectivity index (χ4v) is 8.00. The lowest BCUT2D eigenvalue weighted by atomic mass is 9.78. The predicted molar refractivity (Wildman–Crippen MR) is 162 cm³/mol. The molecule has 3 aromatic rings. The highest BCUT2D eigenvalue weighted by Crippen LogP contribution is 2.32. The van der Waals surface area contributed by atoms with Crippen molar-refractivity contribution >= 4 is 50.2 Å². The van der Waals surface area contributed by atoms with E-state index < -0.39 is 45.0 Å². The zero-order valence-corrected chi connectivity index (χ0v) is 26.2. The average molecular weight is 630 g/mol. The number of carbonyl (C=O) groups is 3. The molecule has 3 amide bonds. The van der Waals surface area contributed by atoms with Crippen LogP contribution in [0.1, 0.15) is 45.1 Å². The number of carboxylic acid groups (broad SMARTS) is 1. The van der Waals surface area contributed by atoms with Crippen molar-refractivity contribution in [2.24, 2.45) is 11.3 Å². The summed E-state index contributed by atoms with van der Waals surface area (Å²) >= 11 is 6.08. The average Bonchev–Trinajstić information content (AvgIpc) is 3.48. The van der Waals surface area contributed by atoms with Crippen LogP contribution in [-0.4, -0.2) is 81.8 Å². The topological polar surface area (TPSA) is 142 Å². The monoisotopic (exact) mass is 629 g/mol. The zero-order chi connectivity index (χ0) is 31.3. The Bertz CT molecular complexity index is 1690. The van der Waals surface area contributed by atoms with Gasteiger partial charge in [-0.1, -0.05) is 44.5 Å². The van der Waals surface area contributed by atoms with E-state index in [4.69, 9.17) is 11.6 Å². The van der Waals surface area contributed by atoms with E-state index in [9.17, 15) is 27.9 Å². The molecule has 0 aliphatic carbocycles. The van der Waals surface area contributed by atoms with Crippen LogP contribution in [0.2, 0.25) is 5.02 Å². The van der Waals surface area contributed by atoms with Crippen molar-refractivity contribution in [1.82, 2.24) is 24.7 Å². The van der Waals surface area contributed by atoms with Crippen LogP contribution in [0.3, 0.4) is 0 Å². The van der Waals surface area contributed by atoms with Gasteiger partial charge < -0.3 is 20.2 Å². The fourth-order valence-electron chi connectivity index (χ4n) is 6.24. The minimum absolute atomic E-state index is 0.0445. The Morgan fingerprint density at radius 3 is 2.40 bits per heavy atom. The van der Waals surface area contributed by atoms with E-state index in [1.54, 1.807) is 78.6 Å². The number of hydrogen-bond acceptors (Lipinski definition) is 6. The number of hydrogen-bond donors (Lipinski definition) is 2. The molecular weight excluding hydrogens is 594 g/mol. The van der Waals surface area contributed by atoms with Crippen LogP contribution in [0.25, 0.3) is 10.8 Å². The molecule has 43 heavy (non-hydrogen) atoms. The summed E-state index contributed by atoms with van der Waals surface area (Å²) < 4.78 is 29.2. The van der Waals surface area contributed by atoms with E-state index in [2.05, 4.69) is 10.3 Å². The molecule has 0 bridgehead atoms. The summed E-state index contributed by atoms with van der Waals surface area (Å²) in [7, 11) is -4.02. The summed E-state index contributed by atoms with van der Waals surface area (Å²) in [6.45, 7) is 8.19. The van der Waals surface area contributed by atoms with E-state index in [-0.39, 0.29) is 17.0 Å². The summed E-state index contributed by atoms with van der Waals surface area (Å²) in [4.78, 5) is 46.6. The third-order valence-corrected chi connectivity index (χ3v) is 10.5. The molecule has 0 spiro atoms. The number of sulfone groups is 1. The van der Waals surface area contributed by atoms with Crippen molar-refractivity contribution in [2.75, 3.05) is 18.8 Å². The van der Waals surface area contributed by atoms with Crippen LogP contribution in [0.15, 0.2) is 47.5 Å². The van der Waals surface area contributed by atoms with Crippen LogP contribution >= 0.6 is 11.6 Å². The molecule has 1 unspecified atom stereocenters. The Labute approximate surface area is 255 Å². The molecule has 2 atom stereocenters. The molecule has 13 heteroatoms. The third-order valence-electron chi connectivity index (χ3n) is 8.46. The summed E-state index contributed by atoms with van der Waals surface area (Å²) in [5, 5.41) is 14.1. The normalized spacial score (nSPS) is 17.7. The minimum atomic E-state index is -4.02. The summed E-state index contributed by atoms with van der Waals surface area (Å²) in [5.74, 6) is -1.54. The molecule has 0 radical (unpaired) electrons. The number of likely N-dealkylation sites (tertiary alicyclic amines) is 1. The molecule has 2 aliphatic heterocycles. The van der Waals surface area contributed by atoms with E-state index in [1.807, 2.05) is 0 Å². The second-order valence-corrected chi connectivity index (χ2v) is 14.9. The first-order valence-electron chi connectivity index (χ1n) is 14.2. The first-order chi connectivity index (χ1) is 20.2. The van der Waals surface area contributed by atoms with Crippen LogP contribution in [0.4, 0.5) is 9.59 Å². The Morgan fingerprint density at radius 2 is 1.77 bits per heavy atom. The van der Waals surface area contributed by atoms with Crippen LogP contribution in [0.5, 0.6) is 0 Å². The number of fused-ring (bicyclic) bond motifs is 2. The maximum atomic E-state index is 14.1. The van der Waals surface area contributed by atoms with E-state index in [1.165, 1.54) is 6.07 Å². The summed E-state index contributed by atoms with van der Waals surface area (Å²) in [5.41, 5.74) is 0.0597. The smallest absolute Gasteiger partial charge is 0.404 e. The fraction of sp³-hybridized carbons (Fsp3) is 0.467. The van der Waals surface area contributed by atoms with E-state index in [0.717, 1.165) is 11.1 Å².